The number of halogens is 1. The maximum atomic E-state index is 12.0. The van der Waals surface area contributed by atoms with Gasteiger partial charge in [-0.3, -0.25) is 4.90 Å². The van der Waals surface area contributed by atoms with Crippen LogP contribution in [0.1, 0.15) is 24.8 Å². The Bertz CT molecular complexity index is 561. The minimum absolute atomic E-state index is 0. The summed E-state index contributed by atoms with van der Waals surface area (Å²) in [5.41, 5.74) is 6.97. The van der Waals surface area contributed by atoms with E-state index in [0.717, 1.165) is 25.1 Å². The van der Waals surface area contributed by atoms with Gasteiger partial charge >= 0.3 is 0 Å². The molecule has 0 amide bonds. The molecule has 5 nitrogen and oxygen atoms in total. The Morgan fingerprint density at radius 3 is 2.41 bits per heavy atom. The van der Waals surface area contributed by atoms with Gasteiger partial charge in [-0.15, -0.1) is 12.4 Å². The third-order valence-corrected chi connectivity index (χ3v) is 5.94. The lowest BCUT2D eigenvalue weighted by Crippen LogP contribution is -2.43. The molecule has 1 saturated heterocycles. The summed E-state index contributed by atoms with van der Waals surface area (Å²) in [5, 5.41) is 0. The van der Waals surface area contributed by atoms with Crippen molar-refractivity contribution in [1.82, 2.24) is 9.21 Å². The highest BCUT2D eigenvalue weighted by Gasteiger charge is 2.21. The fourth-order valence-electron chi connectivity index (χ4n) is 2.75. The first-order valence-corrected chi connectivity index (χ1v) is 8.84. The van der Waals surface area contributed by atoms with Crippen molar-refractivity contribution >= 4 is 22.4 Å². The molecule has 1 aromatic rings. The number of hydrogen-bond acceptors (Lipinski definition) is 4. The third kappa shape index (κ3) is 4.43. The van der Waals surface area contributed by atoms with Crippen LogP contribution in [-0.2, 0) is 16.6 Å². The second-order valence-electron chi connectivity index (χ2n) is 5.79. The predicted molar refractivity (Wildman–Crippen MR) is 91.7 cm³/mol. The smallest absolute Gasteiger partial charge is 0.242 e. The first-order chi connectivity index (χ1) is 9.95. The van der Waals surface area contributed by atoms with Crippen LogP contribution in [0.5, 0.6) is 0 Å². The van der Waals surface area contributed by atoms with E-state index in [9.17, 15) is 8.42 Å². The molecule has 0 radical (unpaired) electrons. The second kappa shape index (κ2) is 8.26. The summed E-state index contributed by atoms with van der Waals surface area (Å²) in [6.45, 7) is 2.59. The number of sulfonamides is 1. The molecular formula is C15H26ClN3O2S. The molecule has 0 bridgehead atoms. The number of nitrogens with two attached hydrogens (primary N) is 1. The van der Waals surface area contributed by atoms with Crippen LogP contribution >= 0.6 is 12.4 Å². The van der Waals surface area contributed by atoms with Crippen LogP contribution in [0.4, 0.5) is 0 Å². The fourth-order valence-corrected chi connectivity index (χ4v) is 3.65. The zero-order chi connectivity index (χ0) is 15.5. The van der Waals surface area contributed by atoms with E-state index in [2.05, 4.69) is 4.90 Å². The van der Waals surface area contributed by atoms with Crippen molar-refractivity contribution < 1.29 is 8.42 Å². The molecule has 0 aliphatic carbocycles. The average molecular weight is 348 g/mol. The molecule has 22 heavy (non-hydrogen) atoms. The summed E-state index contributed by atoms with van der Waals surface area (Å²) in [6.07, 6.45) is 3.62. The van der Waals surface area contributed by atoms with Crippen molar-refractivity contribution in [2.24, 2.45) is 5.73 Å². The SMILES string of the molecule is CN(C)S(=O)(=O)c1ccc(CN2CCCCC2CN)cc1.Cl. The van der Waals surface area contributed by atoms with Crippen molar-refractivity contribution in [3.63, 3.8) is 0 Å². The number of nitrogens with zero attached hydrogens (tertiary/aromatic N) is 2. The Morgan fingerprint density at radius 2 is 1.86 bits per heavy atom. The molecule has 1 aliphatic heterocycles. The lowest BCUT2D eigenvalue weighted by molar-refractivity contribution is 0.145. The summed E-state index contributed by atoms with van der Waals surface area (Å²) >= 11 is 0. The van der Waals surface area contributed by atoms with Gasteiger partial charge in [0.25, 0.3) is 0 Å². The minimum atomic E-state index is -3.34. The number of piperidine rings is 1. The maximum Gasteiger partial charge on any atom is 0.242 e. The minimum Gasteiger partial charge on any atom is -0.329 e. The summed E-state index contributed by atoms with van der Waals surface area (Å²) in [4.78, 5) is 2.74. The highest BCUT2D eigenvalue weighted by molar-refractivity contribution is 7.89. The fraction of sp³-hybridized carbons (Fsp3) is 0.600. The number of benzene rings is 1. The molecule has 1 fully saturated rings. The van der Waals surface area contributed by atoms with Gasteiger partial charge in [-0.05, 0) is 37.1 Å². The Hall–Kier alpha value is -0.660. The molecule has 0 saturated carbocycles. The van der Waals surface area contributed by atoms with Crippen LogP contribution < -0.4 is 5.73 Å². The van der Waals surface area contributed by atoms with Crippen molar-refractivity contribution in [2.75, 3.05) is 27.2 Å². The number of hydrogen-bond donors (Lipinski definition) is 1. The van der Waals surface area contributed by atoms with Gasteiger partial charge in [0.1, 0.15) is 0 Å². The highest BCUT2D eigenvalue weighted by Crippen LogP contribution is 2.20. The van der Waals surface area contributed by atoms with E-state index >= 15 is 0 Å². The summed E-state index contributed by atoms with van der Waals surface area (Å²) in [5.74, 6) is 0. The lowest BCUT2D eigenvalue weighted by Gasteiger charge is -2.35. The van der Waals surface area contributed by atoms with E-state index in [4.69, 9.17) is 5.73 Å². The molecule has 1 aliphatic rings. The number of likely N-dealkylation sites (tertiary alicyclic amines) is 1. The van der Waals surface area contributed by atoms with Crippen molar-refractivity contribution in [1.29, 1.82) is 0 Å². The van der Waals surface area contributed by atoms with Crippen LogP contribution in [0.3, 0.4) is 0 Å². The van der Waals surface area contributed by atoms with Gasteiger partial charge in [0.2, 0.25) is 10.0 Å². The average Bonchev–Trinajstić information content (AvgIpc) is 2.48. The zero-order valence-corrected chi connectivity index (χ0v) is 14.9. The van der Waals surface area contributed by atoms with Crippen LogP contribution in [0.25, 0.3) is 0 Å². The van der Waals surface area contributed by atoms with Crippen molar-refractivity contribution in [2.45, 2.75) is 36.7 Å². The molecule has 0 aromatic heterocycles. The first kappa shape index (κ1) is 19.4. The van der Waals surface area contributed by atoms with Crippen LogP contribution in [0, 0.1) is 0 Å². The van der Waals surface area contributed by atoms with Crippen LogP contribution in [-0.4, -0.2) is 50.8 Å². The van der Waals surface area contributed by atoms with Gasteiger partial charge < -0.3 is 5.73 Å². The van der Waals surface area contributed by atoms with Gasteiger partial charge in [0.05, 0.1) is 4.90 Å². The van der Waals surface area contributed by atoms with E-state index in [-0.39, 0.29) is 12.4 Å². The van der Waals surface area contributed by atoms with Gasteiger partial charge in [-0.1, -0.05) is 18.6 Å². The normalized spacial score (nSPS) is 19.9. The Morgan fingerprint density at radius 1 is 1.23 bits per heavy atom. The Balaban J connectivity index is 0.00000242. The topological polar surface area (TPSA) is 66.6 Å². The van der Waals surface area contributed by atoms with Gasteiger partial charge in [0, 0.05) is 33.2 Å². The Kier molecular flexibility index (Phi) is 7.28. The highest BCUT2D eigenvalue weighted by atomic mass is 35.5. The first-order valence-electron chi connectivity index (χ1n) is 7.40. The Labute approximate surface area is 139 Å². The maximum absolute atomic E-state index is 12.0. The summed E-state index contributed by atoms with van der Waals surface area (Å²) < 4.78 is 25.3. The lowest BCUT2D eigenvalue weighted by atomic mass is 10.0. The second-order valence-corrected chi connectivity index (χ2v) is 7.94. The van der Waals surface area contributed by atoms with Gasteiger partial charge in [-0.2, -0.15) is 0 Å². The monoisotopic (exact) mass is 347 g/mol. The molecule has 2 rings (SSSR count). The van der Waals surface area contributed by atoms with E-state index in [1.165, 1.54) is 17.1 Å². The van der Waals surface area contributed by atoms with Gasteiger partial charge in [-0.25, -0.2) is 12.7 Å². The molecule has 0 spiro atoms. The summed E-state index contributed by atoms with van der Waals surface area (Å²) in [7, 11) is -0.254. The quantitative estimate of drug-likeness (QED) is 0.879. The molecule has 1 unspecified atom stereocenters. The van der Waals surface area contributed by atoms with E-state index in [0.29, 0.717) is 17.5 Å². The van der Waals surface area contributed by atoms with Gasteiger partial charge in [0.15, 0.2) is 0 Å². The van der Waals surface area contributed by atoms with Crippen molar-refractivity contribution in [3.05, 3.63) is 29.8 Å². The number of rotatable bonds is 5. The molecule has 1 atom stereocenters. The molecule has 126 valence electrons. The third-order valence-electron chi connectivity index (χ3n) is 4.11. The molecule has 1 heterocycles. The molecule has 7 heteroatoms. The molecule has 2 N–H and O–H groups in total. The summed E-state index contributed by atoms with van der Waals surface area (Å²) in [6, 6.07) is 7.62. The zero-order valence-electron chi connectivity index (χ0n) is 13.2. The largest absolute Gasteiger partial charge is 0.329 e. The van der Waals surface area contributed by atoms with Crippen LogP contribution in [0.15, 0.2) is 29.2 Å². The molecule has 1 aromatic carbocycles. The van der Waals surface area contributed by atoms with Crippen molar-refractivity contribution in [3.8, 4) is 0 Å². The van der Waals surface area contributed by atoms with E-state index < -0.39 is 10.0 Å². The van der Waals surface area contributed by atoms with E-state index in [1.807, 2.05) is 12.1 Å². The molecular weight excluding hydrogens is 322 g/mol. The van der Waals surface area contributed by atoms with Crippen LogP contribution in [0.2, 0.25) is 0 Å². The standard InChI is InChI=1S/C15H25N3O2S.ClH/c1-17(2)21(19,20)15-8-6-13(7-9-15)12-18-10-4-3-5-14(18)11-16;/h6-9,14H,3-5,10-12,16H2,1-2H3;1H. The predicted octanol–water partition coefficient (Wildman–Crippen LogP) is 1.67. The van der Waals surface area contributed by atoms with E-state index in [1.54, 1.807) is 26.2 Å².